The van der Waals surface area contributed by atoms with E-state index in [4.69, 9.17) is 27.2 Å². The van der Waals surface area contributed by atoms with Crippen LogP contribution in [0.25, 0.3) is 0 Å². The van der Waals surface area contributed by atoms with E-state index in [1.54, 1.807) is 0 Å². The number of methoxy groups -OCH3 is 1. The number of anilines is 1. The number of carboxylic acid groups (broad SMARTS) is 1. The summed E-state index contributed by atoms with van der Waals surface area (Å²) in [6.07, 6.45) is 0. The van der Waals surface area contributed by atoms with Gasteiger partial charge in [0.15, 0.2) is 0 Å². The smallest absolute Gasteiger partial charge is 0.323 e. The molecule has 0 atom stereocenters. The molecule has 0 saturated heterocycles. The van der Waals surface area contributed by atoms with Gasteiger partial charge in [-0.05, 0) is 18.2 Å². The highest BCUT2D eigenvalue weighted by atomic mass is 35.5. The third kappa shape index (κ3) is 4.42. The highest BCUT2D eigenvalue weighted by Gasteiger charge is 2.17. The number of nitrogens with two attached hydrogens (primary N) is 1. The summed E-state index contributed by atoms with van der Waals surface area (Å²) in [5.74, 6) is -1.66. The lowest BCUT2D eigenvalue weighted by Gasteiger charge is -2.24. The van der Waals surface area contributed by atoms with Crippen molar-refractivity contribution in [3.05, 3.63) is 28.8 Å². The summed E-state index contributed by atoms with van der Waals surface area (Å²) >= 11 is 5.88. The second kappa shape index (κ2) is 6.96. The molecule has 6 nitrogen and oxygen atoms in total. The van der Waals surface area contributed by atoms with Gasteiger partial charge in [-0.1, -0.05) is 11.6 Å². The third-order valence-corrected chi connectivity index (χ3v) is 2.69. The first-order chi connectivity index (χ1) is 8.95. The lowest BCUT2D eigenvalue weighted by molar-refractivity contribution is -0.135. The SMILES string of the molecule is COCCN(CC(=O)O)c1cc(Cl)ccc1C(N)=O. The molecule has 1 aromatic carbocycles. The number of aliphatic carboxylic acids is 1. The fourth-order valence-electron chi connectivity index (χ4n) is 1.62. The van der Waals surface area contributed by atoms with E-state index in [1.165, 1.54) is 30.2 Å². The Hall–Kier alpha value is -1.79. The number of hydrogen-bond acceptors (Lipinski definition) is 4. The van der Waals surface area contributed by atoms with Crippen LogP contribution in [0, 0.1) is 0 Å². The molecular formula is C12H15ClN2O4. The van der Waals surface area contributed by atoms with Crippen molar-refractivity contribution < 1.29 is 19.4 Å². The van der Waals surface area contributed by atoms with E-state index < -0.39 is 11.9 Å². The first kappa shape index (κ1) is 15.3. The van der Waals surface area contributed by atoms with Crippen molar-refractivity contribution >= 4 is 29.2 Å². The number of benzene rings is 1. The molecule has 104 valence electrons. The van der Waals surface area contributed by atoms with Gasteiger partial charge in [-0.25, -0.2) is 0 Å². The van der Waals surface area contributed by atoms with Gasteiger partial charge in [0.1, 0.15) is 6.54 Å². The highest BCUT2D eigenvalue weighted by molar-refractivity contribution is 6.31. The number of primary amides is 1. The molecule has 0 heterocycles. The van der Waals surface area contributed by atoms with E-state index >= 15 is 0 Å². The van der Waals surface area contributed by atoms with Crippen LogP contribution in [0.1, 0.15) is 10.4 Å². The number of amides is 1. The highest BCUT2D eigenvalue weighted by Crippen LogP contribution is 2.24. The minimum atomic E-state index is -1.02. The van der Waals surface area contributed by atoms with Gasteiger partial charge in [0.25, 0.3) is 5.91 Å². The van der Waals surface area contributed by atoms with Crippen molar-refractivity contribution in [2.24, 2.45) is 5.73 Å². The van der Waals surface area contributed by atoms with Crippen LogP contribution >= 0.6 is 11.6 Å². The molecule has 0 fully saturated rings. The lowest BCUT2D eigenvalue weighted by Crippen LogP contribution is -2.34. The first-order valence-corrected chi connectivity index (χ1v) is 5.88. The van der Waals surface area contributed by atoms with Crippen LogP contribution < -0.4 is 10.6 Å². The molecule has 1 rings (SSSR count). The summed E-state index contributed by atoms with van der Waals surface area (Å²) < 4.78 is 4.92. The Balaban J connectivity index is 3.14. The number of halogens is 1. The van der Waals surface area contributed by atoms with Gasteiger partial charge in [-0.3, -0.25) is 9.59 Å². The molecule has 1 amide bonds. The van der Waals surface area contributed by atoms with Crippen molar-refractivity contribution in [1.82, 2.24) is 0 Å². The van der Waals surface area contributed by atoms with Gasteiger partial charge in [-0.2, -0.15) is 0 Å². The number of ether oxygens (including phenoxy) is 1. The fraction of sp³-hybridized carbons (Fsp3) is 0.333. The molecule has 0 aliphatic heterocycles. The Kier molecular flexibility index (Phi) is 5.59. The largest absolute Gasteiger partial charge is 0.480 e. The van der Waals surface area contributed by atoms with Gasteiger partial charge < -0.3 is 20.5 Å². The Morgan fingerprint density at radius 2 is 2.16 bits per heavy atom. The number of carbonyl (C=O) groups excluding carboxylic acids is 1. The Bertz CT molecular complexity index is 479. The summed E-state index contributed by atoms with van der Waals surface area (Å²) in [6.45, 7) is 0.353. The minimum absolute atomic E-state index is 0.224. The van der Waals surface area contributed by atoms with E-state index in [0.717, 1.165) is 0 Å². The monoisotopic (exact) mass is 286 g/mol. The normalized spacial score (nSPS) is 10.2. The Morgan fingerprint density at radius 3 is 2.68 bits per heavy atom. The van der Waals surface area contributed by atoms with Crippen molar-refractivity contribution in [3.63, 3.8) is 0 Å². The predicted molar refractivity (Wildman–Crippen MR) is 71.7 cm³/mol. The van der Waals surface area contributed by atoms with E-state index in [9.17, 15) is 9.59 Å². The van der Waals surface area contributed by atoms with Crippen molar-refractivity contribution in [2.45, 2.75) is 0 Å². The Morgan fingerprint density at radius 1 is 1.47 bits per heavy atom. The van der Waals surface area contributed by atoms with Gasteiger partial charge in [-0.15, -0.1) is 0 Å². The van der Waals surface area contributed by atoms with Crippen LogP contribution in [0.2, 0.25) is 5.02 Å². The summed E-state index contributed by atoms with van der Waals surface area (Å²) in [4.78, 5) is 23.7. The molecule has 0 unspecified atom stereocenters. The summed E-state index contributed by atoms with van der Waals surface area (Å²) in [5.41, 5.74) is 5.89. The topological polar surface area (TPSA) is 92.9 Å². The molecule has 19 heavy (non-hydrogen) atoms. The van der Waals surface area contributed by atoms with E-state index in [1.807, 2.05) is 0 Å². The van der Waals surface area contributed by atoms with Crippen LogP contribution in [0.4, 0.5) is 5.69 Å². The zero-order valence-corrected chi connectivity index (χ0v) is 11.2. The molecule has 0 saturated carbocycles. The quantitative estimate of drug-likeness (QED) is 0.779. The van der Waals surface area contributed by atoms with Gasteiger partial charge in [0.2, 0.25) is 0 Å². The van der Waals surface area contributed by atoms with Crippen molar-refractivity contribution in [3.8, 4) is 0 Å². The van der Waals surface area contributed by atoms with Crippen LogP contribution in [-0.4, -0.2) is 43.8 Å². The summed E-state index contributed by atoms with van der Waals surface area (Å²) in [5, 5.41) is 9.31. The van der Waals surface area contributed by atoms with Crippen LogP contribution in [-0.2, 0) is 9.53 Å². The molecule has 0 radical (unpaired) electrons. The number of nitrogens with zero attached hydrogens (tertiary/aromatic N) is 1. The third-order valence-electron chi connectivity index (χ3n) is 2.46. The van der Waals surface area contributed by atoms with E-state index in [2.05, 4.69) is 0 Å². The van der Waals surface area contributed by atoms with Crippen molar-refractivity contribution in [2.75, 3.05) is 31.7 Å². The maximum atomic E-state index is 11.4. The molecule has 1 aromatic rings. The lowest BCUT2D eigenvalue weighted by atomic mass is 10.1. The standard InChI is InChI=1S/C12H15ClN2O4/c1-19-5-4-15(7-11(16)17)10-6-8(13)2-3-9(10)12(14)18/h2-3,6H,4-5,7H2,1H3,(H2,14,18)(H,16,17). The molecule has 0 aliphatic carbocycles. The maximum Gasteiger partial charge on any atom is 0.323 e. The minimum Gasteiger partial charge on any atom is -0.480 e. The van der Waals surface area contributed by atoms with Crippen LogP contribution in [0.5, 0.6) is 0 Å². The van der Waals surface area contributed by atoms with E-state index in [0.29, 0.717) is 23.9 Å². The summed E-state index contributed by atoms with van der Waals surface area (Å²) in [7, 11) is 1.51. The van der Waals surface area contributed by atoms with E-state index in [-0.39, 0.29) is 12.1 Å². The van der Waals surface area contributed by atoms with Crippen LogP contribution in [0.3, 0.4) is 0 Å². The predicted octanol–water partition coefficient (Wildman–Crippen LogP) is 0.976. The number of rotatable bonds is 7. The van der Waals surface area contributed by atoms with Crippen LogP contribution in [0.15, 0.2) is 18.2 Å². The number of hydrogen-bond donors (Lipinski definition) is 2. The molecule has 3 N–H and O–H groups in total. The molecule has 0 aliphatic rings. The van der Waals surface area contributed by atoms with Gasteiger partial charge in [0, 0.05) is 18.7 Å². The first-order valence-electron chi connectivity index (χ1n) is 5.50. The molecule has 0 bridgehead atoms. The summed E-state index contributed by atoms with van der Waals surface area (Å²) in [6, 6.07) is 4.52. The Labute approximate surface area is 115 Å². The van der Waals surface area contributed by atoms with Gasteiger partial charge >= 0.3 is 5.97 Å². The van der Waals surface area contributed by atoms with Gasteiger partial charge in [0.05, 0.1) is 17.9 Å². The molecular weight excluding hydrogens is 272 g/mol. The average molecular weight is 287 g/mol. The fourth-order valence-corrected chi connectivity index (χ4v) is 1.79. The second-order valence-corrected chi connectivity index (χ2v) is 4.27. The van der Waals surface area contributed by atoms with Crippen molar-refractivity contribution in [1.29, 1.82) is 0 Å². The molecule has 0 spiro atoms. The number of carbonyl (C=O) groups is 2. The number of carboxylic acids is 1. The average Bonchev–Trinajstić information content (AvgIpc) is 2.33. The molecule has 0 aromatic heterocycles. The zero-order valence-electron chi connectivity index (χ0n) is 10.4. The zero-order chi connectivity index (χ0) is 14.4. The molecule has 7 heteroatoms. The maximum absolute atomic E-state index is 11.4. The second-order valence-electron chi connectivity index (χ2n) is 3.83.